The summed E-state index contributed by atoms with van der Waals surface area (Å²) >= 11 is 0. The van der Waals surface area contributed by atoms with E-state index in [-0.39, 0.29) is 5.82 Å². The van der Waals surface area contributed by atoms with Crippen LogP contribution >= 0.6 is 0 Å². The molecule has 0 bridgehead atoms. The van der Waals surface area contributed by atoms with Crippen molar-refractivity contribution < 1.29 is 14.3 Å². The van der Waals surface area contributed by atoms with Gasteiger partial charge in [0.15, 0.2) is 0 Å². The van der Waals surface area contributed by atoms with E-state index in [1.54, 1.807) is 31.2 Å². The molecule has 0 unspecified atom stereocenters. The summed E-state index contributed by atoms with van der Waals surface area (Å²) in [5.41, 5.74) is 0.854. The highest BCUT2D eigenvalue weighted by molar-refractivity contribution is 6.02. The van der Waals surface area contributed by atoms with Crippen molar-refractivity contribution in [1.82, 2.24) is 15.2 Å². The van der Waals surface area contributed by atoms with Crippen molar-refractivity contribution >= 4 is 17.6 Å². The largest absolute Gasteiger partial charge is 0.462 e. The van der Waals surface area contributed by atoms with Gasteiger partial charge < -0.3 is 10.1 Å². The summed E-state index contributed by atoms with van der Waals surface area (Å²) in [6.07, 6.45) is 0.665. The number of aromatic amines is 1. The van der Waals surface area contributed by atoms with Crippen molar-refractivity contribution in [3.63, 3.8) is 0 Å². The Balaban J connectivity index is 2.10. The van der Waals surface area contributed by atoms with E-state index in [0.717, 1.165) is 0 Å². The summed E-state index contributed by atoms with van der Waals surface area (Å²) in [6.45, 7) is 3.94. The van der Waals surface area contributed by atoms with Gasteiger partial charge in [0.1, 0.15) is 5.82 Å². The highest BCUT2D eigenvalue weighted by Gasteiger charge is 2.13. The van der Waals surface area contributed by atoms with Crippen molar-refractivity contribution in [3.05, 3.63) is 41.5 Å². The zero-order valence-corrected chi connectivity index (χ0v) is 11.8. The Labute approximate surface area is 121 Å². The normalized spacial score (nSPS) is 10.2. The van der Waals surface area contributed by atoms with Gasteiger partial charge in [0.05, 0.1) is 12.2 Å². The summed E-state index contributed by atoms with van der Waals surface area (Å²) < 4.78 is 4.91. The molecule has 1 aromatic carbocycles. The van der Waals surface area contributed by atoms with Gasteiger partial charge >= 0.3 is 5.97 Å². The average Bonchev–Trinajstić information content (AvgIpc) is 2.97. The molecular weight excluding hydrogens is 272 g/mol. The molecule has 0 radical (unpaired) electrons. The van der Waals surface area contributed by atoms with E-state index in [9.17, 15) is 9.59 Å². The lowest BCUT2D eigenvalue weighted by Crippen LogP contribution is -2.14. The van der Waals surface area contributed by atoms with Gasteiger partial charge in [-0.05, 0) is 25.1 Å². The third-order valence-electron chi connectivity index (χ3n) is 2.70. The number of nitrogens with zero attached hydrogens (tertiary/aromatic N) is 2. The first kappa shape index (κ1) is 14.7. The van der Waals surface area contributed by atoms with Crippen LogP contribution in [0.1, 0.15) is 40.6 Å². The minimum absolute atomic E-state index is 0.0633. The van der Waals surface area contributed by atoms with Gasteiger partial charge in [0.2, 0.25) is 5.82 Å². The molecule has 0 atom stereocenters. The number of carbonyl (C=O) groups excluding carboxylic acids is 2. The van der Waals surface area contributed by atoms with E-state index in [4.69, 9.17) is 4.74 Å². The molecule has 0 saturated heterocycles. The third kappa shape index (κ3) is 3.65. The van der Waals surface area contributed by atoms with Crippen molar-refractivity contribution in [1.29, 1.82) is 0 Å². The lowest BCUT2D eigenvalue weighted by Gasteiger charge is -2.05. The number of aryl methyl sites for hydroxylation is 1. The Hall–Kier alpha value is -2.70. The van der Waals surface area contributed by atoms with Gasteiger partial charge in [-0.2, -0.15) is 0 Å². The summed E-state index contributed by atoms with van der Waals surface area (Å²) in [7, 11) is 0. The van der Waals surface area contributed by atoms with E-state index >= 15 is 0 Å². The summed E-state index contributed by atoms with van der Waals surface area (Å²) in [5.74, 6) is -0.166. The molecule has 2 rings (SSSR count). The van der Waals surface area contributed by atoms with E-state index in [1.165, 1.54) is 0 Å². The maximum atomic E-state index is 12.0. The summed E-state index contributed by atoms with van der Waals surface area (Å²) in [4.78, 5) is 27.6. The lowest BCUT2D eigenvalue weighted by molar-refractivity contribution is 0.0526. The first-order valence-electron chi connectivity index (χ1n) is 6.63. The molecule has 1 amide bonds. The fraction of sp³-hybridized carbons (Fsp3) is 0.286. The van der Waals surface area contributed by atoms with Gasteiger partial charge in [-0.25, -0.2) is 9.78 Å². The van der Waals surface area contributed by atoms with Crippen molar-refractivity contribution in [3.8, 4) is 0 Å². The molecule has 2 N–H and O–H groups in total. The van der Waals surface area contributed by atoms with Crippen LogP contribution in [0.25, 0.3) is 0 Å². The number of carbonyl (C=O) groups is 2. The molecule has 0 aliphatic heterocycles. The van der Waals surface area contributed by atoms with Crippen molar-refractivity contribution in [2.45, 2.75) is 20.3 Å². The quantitative estimate of drug-likeness (QED) is 0.818. The van der Waals surface area contributed by atoms with Crippen LogP contribution in [0.5, 0.6) is 0 Å². The molecule has 0 aliphatic rings. The first-order valence-corrected chi connectivity index (χ1v) is 6.63. The molecule has 7 heteroatoms. The number of aromatic nitrogens is 3. The molecule has 0 spiro atoms. The Morgan fingerprint density at radius 3 is 2.81 bits per heavy atom. The Morgan fingerprint density at radius 2 is 2.14 bits per heavy atom. The maximum Gasteiger partial charge on any atom is 0.338 e. The lowest BCUT2D eigenvalue weighted by atomic mass is 10.2. The van der Waals surface area contributed by atoms with Gasteiger partial charge in [0.25, 0.3) is 5.91 Å². The number of anilines is 1. The van der Waals surface area contributed by atoms with Crippen LogP contribution in [0, 0.1) is 0 Å². The van der Waals surface area contributed by atoms with E-state index in [2.05, 4.69) is 20.5 Å². The summed E-state index contributed by atoms with van der Waals surface area (Å²) in [6, 6.07) is 6.50. The number of H-pyrrole nitrogens is 1. The predicted octanol–water partition coefficient (Wildman–Crippen LogP) is 1.80. The molecule has 0 fully saturated rings. The van der Waals surface area contributed by atoms with E-state index in [1.807, 2.05) is 6.92 Å². The zero-order valence-electron chi connectivity index (χ0n) is 11.8. The Bertz CT molecular complexity index is 651. The van der Waals surface area contributed by atoms with Crippen LogP contribution in [0.2, 0.25) is 0 Å². The fourth-order valence-corrected chi connectivity index (χ4v) is 1.68. The second kappa shape index (κ2) is 6.65. The van der Waals surface area contributed by atoms with Crippen molar-refractivity contribution in [2.24, 2.45) is 0 Å². The van der Waals surface area contributed by atoms with Crippen LogP contribution in [0.3, 0.4) is 0 Å². The average molecular weight is 288 g/mol. The topological polar surface area (TPSA) is 97.0 Å². The van der Waals surface area contributed by atoms with Crippen LogP contribution < -0.4 is 5.32 Å². The Kier molecular flexibility index (Phi) is 4.65. The second-order valence-electron chi connectivity index (χ2n) is 4.21. The molecule has 1 aromatic heterocycles. The molecule has 110 valence electrons. The van der Waals surface area contributed by atoms with Crippen LogP contribution in [-0.2, 0) is 11.2 Å². The number of hydrogen-bond acceptors (Lipinski definition) is 5. The van der Waals surface area contributed by atoms with Gasteiger partial charge in [-0.15, -0.1) is 5.10 Å². The van der Waals surface area contributed by atoms with Gasteiger partial charge in [0, 0.05) is 12.1 Å². The highest BCUT2D eigenvalue weighted by Crippen LogP contribution is 2.12. The number of rotatable bonds is 5. The molecule has 0 saturated carbocycles. The molecule has 21 heavy (non-hydrogen) atoms. The number of hydrogen-bond donors (Lipinski definition) is 2. The second-order valence-corrected chi connectivity index (χ2v) is 4.21. The molecule has 1 heterocycles. The molecule has 2 aromatic rings. The Morgan fingerprint density at radius 1 is 1.33 bits per heavy atom. The highest BCUT2D eigenvalue weighted by atomic mass is 16.5. The fourth-order valence-electron chi connectivity index (χ4n) is 1.68. The summed E-state index contributed by atoms with van der Waals surface area (Å²) in [5, 5.41) is 9.14. The molecular formula is C14H16N4O3. The number of ether oxygens (including phenoxy) is 1. The smallest absolute Gasteiger partial charge is 0.338 e. The predicted molar refractivity (Wildman–Crippen MR) is 76.1 cm³/mol. The minimum Gasteiger partial charge on any atom is -0.462 e. The van der Waals surface area contributed by atoms with Crippen molar-refractivity contribution in [2.75, 3.05) is 11.9 Å². The number of benzene rings is 1. The van der Waals surface area contributed by atoms with Crippen LogP contribution in [-0.4, -0.2) is 33.7 Å². The van der Waals surface area contributed by atoms with Crippen LogP contribution in [0.4, 0.5) is 5.69 Å². The molecule has 0 aliphatic carbocycles. The standard InChI is InChI=1S/C14H16N4O3/c1-3-11-16-12(18-17-11)13(19)15-10-7-5-6-9(8-10)14(20)21-4-2/h5-8H,3-4H2,1-2H3,(H,15,19)(H,16,17,18). The van der Waals surface area contributed by atoms with E-state index in [0.29, 0.717) is 30.1 Å². The number of amides is 1. The van der Waals surface area contributed by atoms with Gasteiger partial charge in [-0.1, -0.05) is 13.0 Å². The third-order valence-corrected chi connectivity index (χ3v) is 2.70. The molecule has 7 nitrogen and oxygen atoms in total. The first-order chi connectivity index (χ1) is 10.1. The van der Waals surface area contributed by atoms with Crippen LogP contribution in [0.15, 0.2) is 24.3 Å². The monoisotopic (exact) mass is 288 g/mol. The minimum atomic E-state index is -0.438. The van der Waals surface area contributed by atoms with E-state index < -0.39 is 11.9 Å². The SMILES string of the molecule is CCOC(=O)c1cccc(NC(=O)c2n[nH]c(CC)n2)c1. The number of nitrogens with one attached hydrogen (secondary N) is 2. The zero-order chi connectivity index (χ0) is 15.2. The maximum absolute atomic E-state index is 12.0. The number of esters is 1. The van der Waals surface area contributed by atoms with Gasteiger partial charge in [-0.3, -0.25) is 9.89 Å².